The van der Waals surface area contributed by atoms with Crippen molar-refractivity contribution in [1.82, 2.24) is 9.88 Å². The molecule has 0 aliphatic carbocycles. The molecule has 2 heterocycles. The lowest BCUT2D eigenvalue weighted by molar-refractivity contribution is -0.275. The smallest absolute Gasteiger partial charge is 0.380 e. The van der Waals surface area contributed by atoms with E-state index in [-0.39, 0.29) is 0 Å². The number of piperidine rings is 1. The second-order valence-electron chi connectivity index (χ2n) is 5.94. The van der Waals surface area contributed by atoms with Gasteiger partial charge in [-0.05, 0) is 57.3 Å². The Labute approximate surface area is 122 Å². The number of rotatable bonds is 3. The highest BCUT2D eigenvalue weighted by molar-refractivity contribution is 5.18. The molecule has 2 rings (SSSR count). The molecule has 0 unspecified atom stereocenters. The summed E-state index contributed by atoms with van der Waals surface area (Å²) in [7, 11) is 0. The molecule has 118 valence electrons. The van der Waals surface area contributed by atoms with E-state index in [1.54, 1.807) is 6.20 Å². The van der Waals surface area contributed by atoms with Crippen LogP contribution in [0, 0.1) is 12.8 Å². The molecule has 3 nitrogen and oxygen atoms in total. The van der Waals surface area contributed by atoms with Crippen LogP contribution in [0.4, 0.5) is 13.2 Å². The monoisotopic (exact) mass is 302 g/mol. The first-order valence-corrected chi connectivity index (χ1v) is 7.14. The van der Waals surface area contributed by atoms with Crippen molar-refractivity contribution >= 4 is 0 Å². The molecule has 0 saturated carbocycles. The Morgan fingerprint density at radius 3 is 2.48 bits per heavy atom. The first-order valence-electron chi connectivity index (χ1n) is 7.14. The van der Waals surface area contributed by atoms with E-state index in [1.165, 1.54) is 0 Å². The minimum absolute atomic E-state index is 0.353. The standard InChI is InChI=1S/C15H21F3N2O/c1-11-12(4-3-7-19-11)10-20-8-5-13(6-9-20)14(2,21)15(16,17)18/h3-4,7,13,21H,5-6,8-10H2,1-2H3/t14-/m0/s1. The van der Waals surface area contributed by atoms with E-state index < -0.39 is 17.7 Å². The van der Waals surface area contributed by atoms with E-state index in [1.807, 2.05) is 19.1 Å². The maximum absolute atomic E-state index is 12.8. The van der Waals surface area contributed by atoms with Gasteiger partial charge in [0.15, 0.2) is 5.60 Å². The van der Waals surface area contributed by atoms with Gasteiger partial charge in [-0.2, -0.15) is 13.2 Å². The molecule has 21 heavy (non-hydrogen) atoms. The van der Waals surface area contributed by atoms with E-state index in [0.717, 1.165) is 18.2 Å². The third-order valence-electron chi connectivity index (χ3n) is 4.47. The summed E-state index contributed by atoms with van der Waals surface area (Å²) >= 11 is 0. The number of aliphatic hydroxyl groups is 1. The summed E-state index contributed by atoms with van der Waals surface area (Å²) in [6.07, 6.45) is -2.14. The fourth-order valence-corrected chi connectivity index (χ4v) is 2.81. The van der Waals surface area contributed by atoms with Crippen molar-refractivity contribution in [3.05, 3.63) is 29.6 Å². The van der Waals surface area contributed by atoms with Gasteiger partial charge in [-0.3, -0.25) is 9.88 Å². The minimum atomic E-state index is -4.57. The van der Waals surface area contributed by atoms with Crippen LogP contribution in [0.15, 0.2) is 18.3 Å². The van der Waals surface area contributed by atoms with Gasteiger partial charge in [0, 0.05) is 18.4 Å². The summed E-state index contributed by atoms with van der Waals surface area (Å²) in [4.78, 5) is 6.33. The summed E-state index contributed by atoms with van der Waals surface area (Å²) in [6.45, 7) is 4.63. The van der Waals surface area contributed by atoms with Crippen LogP contribution in [-0.2, 0) is 6.54 Å². The summed E-state index contributed by atoms with van der Waals surface area (Å²) in [6, 6.07) is 3.85. The van der Waals surface area contributed by atoms with Crippen molar-refractivity contribution in [3.63, 3.8) is 0 Å². The van der Waals surface area contributed by atoms with Gasteiger partial charge in [0.25, 0.3) is 0 Å². The summed E-state index contributed by atoms with van der Waals surface area (Å²) in [5.74, 6) is -0.733. The van der Waals surface area contributed by atoms with Crippen LogP contribution in [-0.4, -0.2) is 39.9 Å². The van der Waals surface area contributed by atoms with Gasteiger partial charge in [0.05, 0.1) is 0 Å². The normalized spacial score (nSPS) is 21.2. The molecular formula is C15H21F3N2O. The first kappa shape index (κ1) is 16.2. The van der Waals surface area contributed by atoms with Crippen LogP contribution in [0.2, 0.25) is 0 Å². The third-order valence-corrected chi connectivity index (χ3v) is 4.47. The Bertz CT molecular complexity index is 480. The lowest BCUT2D eigenvalue weighted by Crippen LogP contribution is -2.52. The van der Waals surface area contributed by atoms with E-state index in [0.29, 0.717) is 32.5 Å². The van der Waals surface area contributed by atoms with Gasteiger partial charge in [-0.15, -0.1) is 0 Å². The van der Waals surface area contributed by atoms with E-state index in [2.05, 4.69) is 9.88 Å². The molecule has 0 amide bonds. The molecule has 0 radical (unpaired) electrons. The van der Waals surface area contributed by atoms with Crippen molar-refractivity contribution in [2.45, 2.75) is 45.0 Å². The average molecular weight is 302 g/mol. The van der Waals surface area contributed by atoms with E-state index >= 15 is 0 Å². The number of aryl methyl sites for hydroxylation is 1. The zero-order chi connectivity index (χ0) is 15.7. The predicted octanol–water partition coefficient (Wildman–Crippen LogP) is 2.92. The van der Waals surface area contributed by atoms with E-state index in [4.69, 9.17) is 0 Å². The molecule has 0 aromatic carbocycles. The molecule has 1 aliphatic rings. The molecule has 6 heteroatoms. The number of hydrogen-bond donors (Lipinski definition) is 1. The fourth-order valence-electron chi connectivity index (χ4n) is 2.81. The van der Waals surface area contributed by atoms with Gasteiger partial charge in [0.1, 0.15) is 0 Å². The number of nitrogens with zero attached hydrogens (tertiary/aromatic N) is 2. The average Bonchev–Trinajstić information content (AvgIpc) is 2.41. The maximum Gasteiger partial charge on any atom is 0.417 e. The summed E-state index contributed by atoms with van der Waals surface area (Å²) in [5, 5.41) is 9.74. The molecule has 1 atom stereocenters. The molecule has 1 fully saturated rings. The molecule has 0 bridgehead atoms. The molecule has 1 saturated heterocycles. The minimum Gasteiger partial charge on any atom is -0.380 e. The Hall–Kier alpha value is -1.14. The molecular weight excluding hydrogens is 281 g/mol. The van der Waals surface area contributed by atoms with Crippen molar-refractivity contribution in [1.29, 1.82) is 0 Å². The van der Waals surface area contributed by atoms with Crippen LogP contribution >= 0.6 is 0 Å². The van der Waals surface area contributed by atoms with Crippen LogP contribution in [0.5, 0.6) is 0 Å². The van der Waals surface area contributed by atoms with Crippen LogP contribution < -0.4 is 0 Å². The Balaban J connectivity index is 1.94. The van der Waals surface area contributed by atoms with Gasteiger partial charge >= 0.3 is 6.18 Å². The topological polar surface area (TPSA) is 36.4 Å². The molecule has 1 aromatic rings. The Kier molecular flexibility index (Phi) is 4.58. The lowest BCUT2D eigenvalue weighted by Gasteiger charge is -2.40. The zero-order valence-corrected chi connectivity index (χ0v) is 12.3. The van der Waals surface area contributed by atoms with Gasteiger partial charge < -0.3 is 5.11 Å². The van der Waals surface area contributed by atoms with Gasteiger partial charge in [-0.25, -0.2) is 0 Å². The largest absolute Gasteiger partial charge is 0.417 e. The third kappa shape index (κ3) is 3.55. The Morgan fingerprint density at radius 2 is 1.95 bits per heavy atom. The lowest BCUT2D eigenvalue weighted by atomic mass is 9.81. The van der Waals surface area contributed by atoms with Crippen LogP contribution in [0.1, 0.15) is 31.0 Å². The molecule has 1 aliphatic heterocycles. The predicted molar refractivity (Wildman–Crippen MR) is 73.7 cm³/mol. The number of pyridine rings is 1. The van der Waals surface area contributed by atoms with E-state index in [9.17, 15) is 18.3 Å². The summed E-state index contributed by atoms with van der Waals surface area (Å²) < 4.78 is 38.5. The number of likely N-dealkylation sites (tertiary alicyclic amines) is 1. The quantitative estimate of drug-likeness (QED) is 0.932. The maximum atomic E-state index is 12.8. The van der Waals surface area contributed by atoms with Gasteiger partial charge in [-0.1, -0.05) is 6.07 Å². The second-order valence-corrected chi connectivity index (χ2v) is 5.94. The molecule has 1 aromatic heterocycles. The highest BCUT2D eigenvalue weighted by atomic mass is 19.4. The van der Waals surface area contributed by atoms with Gasteiger partial charge in [0.2, 0.25) is 0 Å². The molecule has 1 N–H and O–H groups in total. The van der Waals surface area contributed by atoms with Crippen LogP contribution in [0.25, 0.3) is 0 Å². The number of halogens is 3. The fraction of sp³-hybridized carbons (Fsp3) is 0.667. The SMILES string of the molecule is Cc1ncccc1CN1CCC([C@](C)(O)C(F)(F)F)CC1. The van der Waals surface area contributed by atoms with Crippen molar-refractivity contribution in [3.8, 4) is 0 Å². The highest BCUT2D eigenvalue weighted by Gasteiger charge is 2.54. The second kappa shape index (κ2) is 5.93. The first-order chi connectivity index (χ1) is 9.72. The van der Waals surface area contributed by atoms with Crippen LogP contribution in [0.3, 0.4) is 0 Å². The van der Waals surface area contributed by atoms with Crippen molar-refractivity contribution in [2.75, 3.05) is 13.1 Å². The summed E-state index contributed by atoms with van der Waals surface area (Å²) in [5.41, 5.74) is -0.552. The number of alkyl halides is 3. The number of aromatic nitrogens is 1. The zero-order valence-electron chi connectivity index (χ0n) is 12.3. The Morgan fingerprint density at radius 1 is 1.33 bits per heavy atom. The highest BCUT2D eigenvalue weighted by Crippen LogP contribution is 2.40. The molecule has 0 spiro atoms. The number of hydrogen-bond acceptors (Lipinski definition) is 3. The van der Waals surface area contributed by atoms with Crippen molar-refractivity contribution in [2.24, 2.45) is 5.92 Å². The van der Waals surface area contributed by atoms with Crippen molar-refractivity contribution < 1.29 is 18.3 Å².